The molecule has 0 atom stereocenters. The van der Waals surface area contributed by atoms with Gasteiger partial charge in [-0.3, -0.25) is 4.21 Å². The summed E-state index contributed by atoms with van der Waals surface area (Å²) < 4.78 is 11.2. The highest BCUT2D eigenvalue weighted by molar-refractivity contribution is 7.85. The predicted octanol–water partition coefficient (Wildman–Crippen LogP) is 1.94. The van der Waals surface area contributed by atoms with Crippen molar-refractivity contribution in [3.05, 3.63) is 29.3 Å². The molecule has 0 aromatic heterocycles. The summed E-state index contributed by atoms with van der Waals surface area (Å²) >= 11 is 5.83. The Kier molecular flexibility index (Phi) is 4.02. The third kappa shape index (κ3) is 3.44. The van der Waals surface area contributed by atoms with Gasteiger partial charge in [-0.05, 0) is 18.2 Å². The van der Waals surface area contributed by atoms with E-state index in [1.165, 1.54) is 0 Å². The maximum atomic E-state index is 11.9. The lowest BCUT2D eigenvalue weighted by atomic mass is 10.3. The number of hydrogen-bond donors (Lipinski definition) is 1. The smallest absolute Gasteiger partial charge is 0.321 e. The number of nitrogens with one attached hydrogen (secondary N) is 1. The first kappa shape index (κ1) is 12.4. The van der Waals surface area contributed by atoms with Crippen LogP contribution < -0.4 is 5.32 Å². The average Bonchev–Trinajstić information content (AvgIpc) is 2.29. The van der Waals surface area contributed by atoms with Crippen molar-refractivity contribution >= 4 is 34.1 Å². The molecule has 0 unspecified atom stereocenters. The molecule has 0 radical (unpaired) electrons. The Bertz CT molecular complexity index is 443. The van der Waals surface area contributed by atoms with Gasteiger partial charge in [0.2, 0.25) is 0 Å². The molecule has 2 rings (SSSR count). The third-order valence-corrected chi connectivity index (χ3v) is 4.05. The summed E-state index contributed by atoms with van der Waals surface area (Å²) in [5, 5.41) is 3.36. The van der Waals surface area contributed by atoms with Crippen LogP contribution >= 0.6 is 11.6 Å². The molecule has 4 nitrogen and oxygen atoms in total. The minimum atomic E-state index is -0.770. The van der Waals surface area contributed by atoms with E-state index in [1.54, 1.807) is 29.2 Å². The summed E-state index contributed by atoms with van der Waals surface area (Å²) in [5.41, 5.74) is 0.675. The van der Waals surface area contributed by atoms with Gasteiger partial charge in [-0.25, -0.2) is 4.79 Å². The first-order chi connectivity index (χ1) is 8.15. The van der Waals surface area contributed by atoms with Crippen molar-refractivity contribution in [1.29, 1.82) is 0 Å². The molecule has 1 saturated heterocycles. The molecular weight excluding hydrogens is 260 g/mol. The normalized spacial score (nSPS) is 16.9. The molecule has 0 saturated carbocycles. The van der Waals surface area contributed by atoms with Gasteiger partial charge in [-0.15, -0.1) is 0 Å². The summed E-state index contributed by atoms with van der Waals surface area (Å²) in [6, 6.07) is 6.85. The molecule has 0 aliphatic carbocycles. The molecule has 2 amide bonds. The molecule has 1 heterocycles. The quantitative estimate of drug-likeness (QED) is 0.849. The average molecular weight is 273 g/mol. The summed E-state index contributed by atoms with van der Waals surface area (Å²) in [6.45, 7) is 1.08. The molecule has 1 N–H and O–H groups in total. The minimum Gasteiger partial charge on any atom is -0.323 e. The second kappa shape index (κ2) is 5.51. The Morgan fingerprint density at radius 1 is 1.35 bits per heavy atom. The minimum absolute atomic E-state index is 0.163. The van der Waals surface area contributed by atoms with Crippen molar-refractivity contribution in [2.24, 2.45) is 0 Å². The van der Waals surface area contributed by atoms with Crippen LogP contribution in [0, 0.1) is 0 Å². The van der Waals surface area contributed by atoms with E-state index < -0.39 is 10.8 Å². The van der Waals surface area contributed by atoms with Gasteiger partial charge < -0.3 is 10.2 Å². The molecule has 6 heteroatoms. The van der Waals surface area contributed by atoms with Crippen LogP contribution in [0.5, 0.6) is 0 Å². The molecule has 0 bridgehead atoms. The highest BCUT2D eigenvalue weighted by atomic mass is 35.5. The molecule has 1 aromatic carbocycles. The van der Waals surface area contributed by atoms with E-state index in [4.69, 9.17) is 11.6 Å². The maximum absolute atomic E-state index is 11.9. The SMILES string of the molecule is O=C(Nc1cccc(Cl)c1)N1CCS(=O)CC1. The molecule has 1 aromatic rings. The molecule has 1 aliphatic rings. The Morgan fingerprint density at radius 2 is 2.06 bits per heavy atom. The van der Waals surface area contributed by atoms with E-state index >= 15 is 0 Å². The fourth-order valence-electron chi connectivity index (χ4n) is 1.61. The van der Waals surface area contributed by atoms with Crippen LogP contribution in [0.4, 0.5) is 10.5 Å². The van der Waals surface area contributed by atoms with Crippen LogP contribution in [-0.2, 0) is 10.8 Å². The van der Waals surface area contributed by atoms with Crippen LogP contribution in [0.3, 0.4) is 0 Å². The predicted molar refractivity (Wildman–Crippen MR) is 69.9 cm³/mol. The molecule has 0 spiro atoms. The Labute approximate surface area is 107 Å². The van der Waals surface area contributed by atoms with Crippen molar-refractivity contribution in [1.82, 2.24) is 4.90 Å². The first-order valence-electron chi connectivity index (χ1n) is 5.31. The number of carbonyl (C=O) groups excluding carboxylic acids is 1. The third-order valence-electron chi connectivity index (χ3n) is 2.54. The number of carbonyl (C=O) groups is 1. The van der Waals surface area contributed by atoms with Crippen LogP contribution in [0.25, 0.3) is 0 Å². The van der Waals surface area contributed by atoms with Crippen LogP contribution in [0.15, 0.2) is 24.3 Å². The zero-order valence-corrected chi connectivity index (χ0v) is 10.8. The van der Waals surface area contributed by atoms with E-state index in [-0.39, 0.29) is 6.03 Å². The van der Waals surface area contributed by atoms with E-state index in [2.05, 4.69) is 5.32 Å². The largest absolute Gasteiger partial charge is 0.323 e. The highest BCUT2D eigenvalue weighted by Gasteiger charge is 2.19. The number of amides is 2. The zero-order chi connectivity index (χ0) is 12.3. The number of hydrogen-bond acceptors (Lipinski definition) is 2. The number of urea groups is 1. The van der Waals surface area contributed by atoms with Gasteiger partial charge >= 0.3 is 6.03 Å². The van der Waals surface area contributed by atoms with Gasteiger partial charge in [0.15, 0.2) is 0 Å². The molecule has 1 fully saturated rings. The first-order valence-corrected chi connectivity index (χ1v) is 7.18. The molecule has 92 valence electrons. The number of halogens is 1. The Morgan fingerprint density at radius 3 is 2.71 bits per heavy atom. The highest BCUT2D eigenvalue weighted by Crippen LogP contribution is 2.15. The van der Waals surface area contributed by atoms with Crippen molar-refractivity contribution in [3.8, 4) is 0 Å². The van der Waals surface area contributed by atoms with Crippen LogP contribution in [0.2, 0.25) is 5.02 Å². The topological polar surface area (TPSA) is 49.4 Å². The van der Waals surface area contributed by atoms with E-state index in [1.807, 2.05) is 0 Å². The number of benzene rings is 1. The van der Waals surface area contributed by atoms with Gasteiger partial charge in [-0.2, -0.15) is 0 Å². The van der Waals surface area contributed by atoms with E-state index in [0.717, 1.165) is 0 Å². The van der Waals surface area contributed by atoms with Crippen molar-refractivity contribution in [2.75, 3.05) is 29.9 Å². The second-order valence-corrected chi connectivity index (χ2v) is 5.91. The van der Waals surface area contributed by atoms with Crippen LogP contribution in [-0.4, -0.2) is 39.7 Å². The summed E-state index contributed by atoms with van der Waals surface area (Å²) in [5.74, 6) is 1.12. The van der Waals surface area contributed by atoms with Crippen LogP contribution in [0.1, 0.15) is 0 Å². The molecule has 17 heavy (non-hydrogen) atoms. The lowest BCUT2D eigenvalue weighted by Crippen LogP contribution is -2.43. The van der Waals surface area contributed by atoms with Crippen molar-refractivity contribution in [3.63, 3.8) is 0 Å². The summed E-state index contributed by atoms with van der Waals surface area (Å²) in [6.07, 6.45) is 0. The lowest BCUT2D eigenvalue weighted by Gasteiger charge is -2.26. The standard InChI is InChI=1S/C11H13ClN2O2S/c12-9-2-1-3-10(8-9)13-11(15)14-4-6-17(16)7-5-14/h1-3,8H,4-7H2,(H,13,15). The van der Waals surface area contributed by atoms with Crippen molar-refractivity contribution in [2.45, 2.75) is 0 Å². The van der Waals surface area contributed by atoms with Gasteiger partial charge in [0.05, 0.1) is 0 Å². The van der Waals surface area contributed by atoms with Crippen molar-refractivity contribution < 1.29 is 9.00 Å². The fraction of sp³-hybridized carbons (Fsp3) is 0.364. The fourth-order valence-corrected chi connectivity index (χ4v) is 2.85. The van der Waals surface area contributed by atoms with Gasteiger partial charge in [0.25, 0.3) is 0 Å². The Hall–Kier alpha value is -1.07. The van der Waals surface area contributed by atoms with Gasteiger partial charge in [0.1, 0.15) is 0 Å². The van der Waals surface area contributed by atoms with Gasteiger partial charge in [-0.1, -0.05) is 17.7 Å². The second-order valence-electron chi connectivity index (χ2n) is 3.78. The molecular formula is C11H13ClN2O2S. The number of rotatable bonds is 1. The molecule has 1 aliphatic heterocycles. The van der Waals surface area contributed by atoms with E-state index in [9.17, 15) is 9.00 Å². The number of nitrogens with zero attached hydrogens (tertiary/aromatic N) is 1. The monoisotopic (exact) mass is 272 g/mol. The Balaban J connectivity index is 1.95. The maximum Gasteiger partial charge on any atom is 0.321 e. The summed E-state index contributed by atoms with van der Waals surface area (Å²) in [7, 11) is -0.770. The number of anilines is 1. The lowest BCUT2D eigenvalue weighted by molar-refractivity contribution is 0.216. The zero-order valence-electron chi connectivity index (χ0n) is 9.19. The van der Waals surface area contributed by atoms with Gasteiger partial charge in [0, 0.05) is 46.1 Å². The van der Waals surface area contributed by atoms with E-state index in [0.29, 0.717) is 35.3 Å². The summed E-state index contributed by atoms with van der Waals surface area (Å²) in [4.78, 5) is 13.5.